The number of anilines is 1. The van der Waals surface area contributed by atoms with E-state index in [0.717, 1.165) is 15.6 Å². The normalized spacial score (nSPS) is 10.7. The second-order valence-electron chi connectivity index (χ2n) is 4.46. The van der Waals surface area contributed by atoms with Gasteiger partial charge in [0, 0.05) is 10.4 Å². The van der Waals surface area contributed by atoms with Gasteiger partial charge in [-0.3, -0.25) is 4.79 Å². The van der Waals surface area contributed by atoms with Crippen molar-refractivity contribution in [1.29, 1.82) is 0 Å². The minimum absolute atomic E-state index is 0.0351. The molecule has 0 bridgehead atoms. The number of aliphatic hydroxyl groups excluding tert-OH is 1. The van der Waals surface area contributed by atoms with Crippen molar-refractivity contribution in [3.05, 3.63) is 65.0 Å². The molecule has 1 aromatic heterocycles. The van der Waals surface area contributed by atoms with Crippen LogP contribution in [0.15, 0.2) is 54.6 Å². The molecular weight excluding hydrogens is 270 g/mol. The summed E-state index contributed by atoms with van der Waals surface area (Å²) in [5.41, 5.74) is 1.47. The highest BCUT2D eigenvalue weighted by Crippen LogP contribution is 2.26. The summed E-state index contributed by atoms with van der Waals surface area (Å²) in [7, 11) is 0. The summed E-state index contributed by atoms with van der Waals surface area (Å²) in [4.78, 5) is 12.9. The maximum atomic E-state index is 12.2. The van der Waals surface area contributed by atoms with Crippen LogP contribution in [0.2, 0.25) is 0 Å². The number of carbonyl (C=O) groups is 1. The summed E-state index contributed by atoms with van der Waals surface area (Å²) in [6, 6.07) is 17.0. The number of hydrogen-bond acceptors (Lipinski definition) is 3. The fourth-order valence-electron chi connectivity index (χ4n) is 2.03. The van der Waals surface area contributed by atoms with Gasteiger partial charge in [-0.25, -0.2) is 0 Å². The summed E-state index contributed by atoms with van der Waals surface area (Å²) in [6.45, 7) is -0.0351. The van der Waals surface area contributed by atoms with E-state index in [1.807, 2.05) is 48.5 Å². The lowest BCUT2D eigenvalue weighted by Crippen LogP contribution is -2.10. The standard InChI is InChI=1S/C16H13NO2S/c18-10-11-4-3-6-13(8-11)17-16(19)15-9-12-5-1-2-7-14(12)20-15/h1-9,18H,10H2,(H,17,19). The van der Waals surface area contributed by atoms with Crippen LogP contribution in [0, 0.1) is 0 Å². The van der Waals surface area contributed by atoms with E-state index in [-0.39, 0.29) is 12.5 Å². The van der Waals surface area contributed by atoms with Gasteiger partial charge in [-0.05, 0) is 35.2 Å². The molecule has 0 atom stereocenters. The summed E-state index contributed by atoms with van der Waals surface area (Å²) < 4.78 is 1.10. The van der Waals surface area contributed by atoms with Crippen molar-refractivity contribution in [3.63, 3.8) is 0 Å². The smallest absolute Gasteiger partial charge is 0.265 e. The molecule has 2 N–H and O–H groups in total. The lowest BCUT2D eigenvalue weighted by atomic mass is 10.2. The zero-order chi connectivity index (χ0) is 13.9. The van der Waals surface area contributed by atoms with Crippen molar-refractivity contribution in [3.8, 4) is 0 Å². The quantitative estimate of drug-likeness (QED) is 0.771. The van der Waals surface area contributed by atoms with Gasteiger partial charge >= 0.3 is 0 Å². The molecular formula is C16H13NO2S. The Hall–Kier alpha value is -2.17. The van der Waals surface area contributed by atoms with Crippen molar-refractivity contribution in [1.82, 2.24) is 0 Å². The Morgan fingerprint density at radius 2 is 1.95 bits per heavy atom. The highest BCUT2D eigenvalue weighted by Gasteiger charge is 2.10. The molecule has 100 valence electrons. The van der Waals surface area contributed by atoms with Crippen LogP contribution in [0.5, 0.6) is 0 Å². The third-order valence-electron chi connectivity index (χ3n) is 3.02. The molecule has 0 aliphatic rings. The number of nitrogens with one attached hydrogen (secondary N) is 1. The first-order valence-corrected chi connectivity index (χ1v) is 7.07. The highest BCUT2D eigenvalue weighted by molar-refractivity contribution is 7.20. The predicted octanol–water partition coefficient (Wildman–Crippen LogP) is 3.65. The van der Waals surface area contributed by atoms with E-state index in [1.54, 1.807) is 6.07 Å². The minimum Gasteiger partial charge on any atom is -0.392 e. The van der Waals surface area contributed by atoms with Crippen LogP contribution in [0.1, 0.15) is 15.2 Å². The molecule has 0 saturated carbocycles. The topological polar surface area (TPSA) is 49.3 Å². The van der Waals surface area contributed by atoms with Gasteiger partial charge in [0.1, 0.15) is 0 Å². The molecule has 0 spiro atoms. The van der Waals surface area contributed by atoms with E-state index in [2.05, 4.69) is 5.32 Å². The summed E-state index contributed by atoms with van der Waals surface area (Å²) >= 11 is 1.47. The van der Waals surface area contributed by atoms with E-state index >= 15 is 0 Å². The zero-order valence-electron chi connectivity index (χ0n) is 10.7. The van der Waals surface area contributed by atoms with E-state index < -0.39 is 0 Å². The Kier molecular flexibility index (Phi) is 3.50. The van der Waals surface area contributed by atoms with Crippen LogP contribution >= 0.6 is 11.3 Å². The third-order valence-corrected chi connectivity index (χ3v) is 4.13. The molecule has 4 heteroatoms. The number of aliphatic hydroxyl groups is 1. The largest absolute Gasteiger partial charge is 0.392 e. The van der Waals surface area contributed by atoms with E-state index in [4.69, 9.17) is 5.11 Å². The first kappa shape index (κ1) is 12.8. The Bertz CT molecular complexity index is 731. The fourth-order valence-corrected chi connectivity index (χ4v) is 2.99. The van der Waals surface area contributed by atoms with Crippen molar-refractivity contribution < 1.29 is 9.90 Å². The summed E-state index contributed by atoms with van der Waals surface area (Å²) in [6.07, 6.45) is 0. The van der Waals surface area contributed by atoms with Gasteiger partial charge in [0.25, 0.3) is 5.91 Å². The van der Waals surface area contributed by atoms with Gasteiger partial charge in [0.2, 0.25) is 0 Å². The number of benzene rings is 2. The minimum atomic E-state index is -0.124. The van der Waals surface area contributed by atoms with E-state index in [0.29, 0.717) is 10.6 Å². The Morgan fingerprint density at radius 1 is 1.10 bits per heavy atom. The Balaban J connectivity index is 1.85. The van der Waals surface area contributed by atoms with Crippen LogP contribution < -0.4 is 5.32 Å². The van der Waals surface area contributed by atoms with Crippen LogP contribution in [-0.4, -0.2) is 11.0 Å². The van der Waals surface area contributed by atoms with Crippen molar-refractivity contribution in [2.45, 2.75) is 6.61 Å². The van der Waals surface area contributed by atoms with Crippen molar-refractivity contribution in [2.75, 3.05) is 5.32 Å². The number of rotatable bonds is 3. The molecule has 0 unspecified atom stereocenters. The number of fused-ring (bicyclic) bond motifs is 1. The average molecular weight is 283 g/mol. The van der Waals surface area contributed by atoms with Gasteiger partial charge in [-0.1, -0.05) is 30.3 Å². The van der Waals surface area contributed by atoms with Crippen LogP contribution in [-0.2, 0) is 6.61 Å². The van der Waals surface area contributed by atoms with E-state index in [1.165, 1.54) is 11.3 Å². The van der Waals surface area contributed by atoms with Gasteiger partial charge in [0.05, 0.1) is 11.5 Å². The van der Waals surface area contributed by atoms with Crippen LogP contribution in [0.4, 0.5) is 5.69 Å². The molecule has 1 heterocycles. The lowest BCUT2D eigenvalue weighted by molar-refractivity contribution is 0.103. The highest BCUT2D eigenvalue weighted by atomic mass is 32.1. The molecule has 0 saturated heterocycles. The van der Waals surface area contributed by atoms with Gasteiger partial charge in [-0.15, -0.1) is 11.3 Å². The number of amides is 1. The molecule has 20 heavy (non-hydrogen) atoms. The molecule has 0 aliphatic carbocycles. The Labute approximate surface area is 120 Å². The maximum Gasteiger partial charge on any atom is 0.265 e. The van der Waals surface area contributed by atoms with Gasteiger partial charge in [-0.2, -0.15) is 0 Å². The van der Waals surface area contributed by atoms with Crippen molar-refractivity contribution in [2.24, 2.45) is 0 Å². The molecule has 0 radical (unpaired) electrons. The third kappa shape index (κ3) is 2.57. The first-order valence-electron chi connectivity index (χ1n) is 6.26. The fraction of sp³-hybridized carbons (Fsp3) is 0.0625. The predicted molar refractivity (Wildman–Crippen MR) is 82.1 cm³/mol. The number of carbonyl (C=O) groups excluding carboxylic acids is 1. The lowest BCUT2D eigenvalue weighted by Gasteiger charge is -2.04. The molecule has 3 rings (SSSR count). The number of hydrogen-bond donors (Lipinski definition) is 2. The van der Waals surface area contributed by atoms with E-state index in [9.17, 15) is 4.79 Å². The second kappa shape index (κ2) is 5.45. The molecule has 3 nitrogen and oxygen atoms in total. The molecule has 1 amide bonds. The molecule has 0 aliphatic heterocycles. The molecule has 0 fully saturated rings. The monoisotopic (exact) mass is 283 g/mol. The van der Waals surface area contributed by atoms with Crippen molar-refractivity contribution >= 4 is 33.0 Å². The summed E-state index contributed by atoms with van der Waals surface area (Å²) in [5, 5.41) is 13.0. The van der Waals surface area contributed by atoms with Gasteiger partial charge in [0.15, 0.2) is 0 Å². The molecule has 2 aromatic carbocycles. The molecule has 3 aromatic rings. The first-order chi connectivity index (χ1) is 9.76. The summed E-state index contributed by atoms with van der Waals surface area (Å²) in [5.74, 6) is -0.124. The SMILES string of the molecule is O=C(Nc1cccc(CO)c1)c1cc2ccccc2s1. The average Bonchev–Trinajstić information content (AvgIpc) is 2.91. The second-order valence-corrected chi connectivity index (χ2v) is 5.54. The van der Waals surface area contributed by atoms with Gasteiger partial charge < -0.3 is 10.4 Å². The number of thiophene rings is 1. The zero-order valence-corrected chi connectivity index (χ0v) is 11.5. The van der Waals surface area contributed by atoms with Crippen LogP contribution in [0.25, 0.3) is 10.1 Å². The Morgan fingerprint density at radius 3 is 2.75 bits per heavy atom. The maximum absolute atomic E-state index is 12.2. The van der Waals surface area contributed by atoms with Crippen LogP contribution in [0.3, 0.4) is 0 Å².